The van der Waals surface area contributed by atoms with Gasteiger partial charge in [-0.25, -0.2) is 0 Å². The van der Waals surface area contributed by atoms with Gasteiger partial charge in [0.25, 0.3) is 5.91 Å². The first kappa shape index (κ1) is 20.8. The minimum Gasteiger partial charge on any atom is -0.490 e. The van der Waals surface area contributed by atoms with Gasteiger partial charge >= 0.3 is 0 Å². The highest BCUT2D eigenvalue weighted by Crippen LogP contribution is 2.26. The molecule has 1 amide bonds. The number of para-hydroxylation sites is 2. The molecule has 0 atom stereocenters. The highest BCUT2D eigenvalue weighted by molar-refractivity contribution is 6.13. The van der Waals surface area contributed by atoms with Gasteiger partial charge in [0.05, 0.1) is 16.8 Å². The molecule has 0 spiro atoms. The summed E-state index contributed by atoms with van der Waals surface area (Å²) in [5.74, 6) is 0.519. The maximum Gasteiger partial charge on any atom is 0.256 e. The van der Waals surface area contributed by atoms with Crippen molar-refractivity contribution in [1.29, 1.82) is 0 Å². The largest absolute Gasteiger partial charge is 0.490 e. The Kier molecular flexibility index (Phi) is 6.83. The minimum absolute atomic E-state index is 0.161. The second-order valence-corrected chi connectivity index (χ2v) is 7.16. The van der Waals surface area contributed by atoms with Gasteiger partial charge in [-0.15, -0.1) is 0 Å². The fraction of sp³-hybridized carbons (Fsp3) is 0.333. The molecule has 0 unspecified atom stereocenters. The number of carbonyl (C=O) groups excluding carboxylic acids is 1. The molecule has 1 aromatic heterocycles. The number of rotatable bonds is 8. The minimum atomic E-state index is -0.161. The Morgan fingerprint density at radius 3 is 2.59 bits per heavy atom. The number of nitrogens with one attached hydrogen (secondary N) is 1. The van der Waals surface area contributed by atoms with E-state index < -0.39 is 0 Å². The molecule has 1 heterocycles. The van der Waals surface area contributed by atoms with Gasteiger partial charge in [-0.2, -0.15) is 0 Å². The number of anilines is 1. The average molecular weight is 392 g/mol. The third-order valence-electron chi connectivity index (χ3n) is 5.03. The second kappa shape index (κ2) is 9.52. The number of hydrogen-bond acceptors (Lipinski definition) is 4. The number of likely N-dealkylation sites (N-methyl/N-ethyl adjacent to an activating group) is 1. The molecule has 2 aromatic carbocycles. The van der Waals surface area contributed by atoms with Crippen LogP contribution in [0.25, 0.3) is 10.9 Å². The van der Waals surface area contributed by atoms with Crippen LogP contribution in [0.3, 0.4) is 0 Å². The normalized spacial score (nSPS) is 11.1. The van der Waals surface area contributed by atoms with Crippen LogP contribution in [0.4, 0.5) is 5.69 Å². The fourth-order valence-corrected chi connectivity index (χ4v) is 3.37. The Bertz CT molecular complexity index is 997. The van der Waals surface area contributed by atoms with Crippen LogP contribution < -0.4 is 10.1 Å². The Balaban J connectivity index is 1.81. The van der Waals surface area contributed by atoms with E-state index in [-0.39, 0.29) is 5.91 Å². The van der Waals surface area contributed by atoms with Crippen LogP contribution >= 0.6 is 0 Å². The highest BCUT2D eigenvalue weighted by Gasteiger charge is 2.15. The summed E-state index contributed by atoms with van der Waals surface area (Å²) in [5.41, 5.74) is 4.03. The average Bonchev–Trinajstić information content (AvgIpc) is 2.72. The van der Waals surface area contributed by atoms with Crippen LogP contribution in [0.1, 0.15) is 35.5 Å². The topological polar surface area (TPSA) is 54.5 Å². The lowest BCUT2D eigenvalue weighted by molar-refractivity contribution is 0.102. The molecular formula is C24H29N3O2. The van der Waals surface area contributed by atoms with Crippen molar-refractivity contribution < 1.29 is 9.53 Å². The van der Waals surface area contributed by atoms with E-state index in [4.69, 9.17) is 4.74 Å². The molecule has 0 radical (unpaired) electrons. The molecule has 152 valence electrons. The van der Waals surface area contributed by atoms with Gasteiger partial charge in [-0.1, -0.05) is 37.6 Å². The Labute approximate surface area is 172 Å². The molecule has 1 N–H and O–H groups in total. The summed E-state index contributed by atoms with van der Waals surface area (Å²) in [7, 11) is 0. The number of aryl methyl sites for hydroxylation is 2. The second-order valence-electron chi connectivity index (χ2n) is 7.16. The van der Waals surface area contributed by atoms with Crippen molar-refractivity contribution >= 4 is 22.5 Å². The molecule has 5 heteroatoms. The van der Waals surface area contributed by atoms with E-state index in [1.54, 1.807) is 0 Å². The van der Waals surface area contributed by atoms with E-state index in [0.29, 0.717) is 23.6 Å². The maximum atomic E-state index is 13.1. The number of hydrogen-bond donors (Lipinski definition) is 1. The van der Waals surface area contributed by atoms with Crippen molar-refractivity contribution in [1.82, 2.24) is 9.88 Å². The van der Waals surface area contributed by atoms with Crippen molar-refractivity contribution in [3.8, 4) is 5.75 Å². The molecule has 0 aliphatic heterocycles. The van der Waals surface area contributed by atoms with E-state index in [9.17, 15) is 4.79 Å². The van der Waals surface area contributed by atoms with E-state index in [2.05, 4.69) is 29.0 Å². The van der Waals surface area contributed by atoms with Gasteiger partial charge in [0.15, 0.2) is 0 Å². The number of ether oxygens (including phenoxy) is 1. The van der Waals surface area contributed by atoms with Crippen LogP contribution in [0, 0.1) is 13.8 Å². The molecule has 0 saturated heterocycles. The van der Waals surface area contributed by atoms with Gasteiger partial charge in [0.2, 0.25) is 0 Å². The fourth-order valence-electron chi connectivity index (χ4n) is 3.37. The summed E-state index contributed by atoms with van der Waals surface area (Å²) in [5, 5.41) is 3.88. The van der Waals surface area contributed by atoms with Crippen molar-refractivity contribution in [3.05, 3.63) is 65.4 Å². The number of carbonyl (C=O) groups is 1. The summed E-state index contributed by atoms with van der Waals surface area (Å²) in [6, 6.07) is 15.4. The first-order valence-electron chi connectivity index (χ1n) is 10.1. The van der Waals surface area contributed by atoms with Crippen LogP contribution in [0.5, 0.6) is 5.75 Å². The van der Waals surface area contributed by atoms with Crippen molar-refractivity contribution in [3.63, 3.8) is 0 Å². The summed E-state index contributed by atoms with van der Waals surface area (Å²) in [6.45, 7) is 11.6. The number of aromatic nitrogens is 1. The van der Waals surface area contributed by atoms with E-state index in [0.717, 1.165) is 41.8 Å². The van der Waals surface area contributed by atoms with E-state index >= 15 is 0 Å². The van der Waals surface area contributed by atoms with Crippen LogP contribution in [0.2, 0.25) is 0 Å². The van der Waals surface area contributed by atoms with Gasteiger partial charge in [0.1, 0.15) is 12.4 Å². The van der Waals surface area contributed by atoms with Gasteiger partial charge < -0.3 is 15.0 Å². The Morgan fingerprint density at radius 1 is 1.07 bits per heavy atom. The molecule has 0 aliphatic carbocycles. The van der Waals surface area contributed by atoms with Crippen molar-refractivity contribution in [2.24, 2.45) is 0 Å². The lowest BCUT2D eigenvalue weighted by Crippen LogP contribution is -2.28. The van der Waals surface area contributed by atoms with E-state index in [1.807, 2.05) is 62.4 Å². The summed E-state index contributed by atoms with van der Waals surface area (Å²) in [4.78, 5) is 20.0. The molecule has 0 fully saturated rings. The van der Waals surface area contributed by atoms with Gasteiger partial charge in [0, 0.05) is 17.6 Å². The third kappa shape index (κ3) is 5.12. The third-order valence-corrected chi connectivity index (χ3v) is 5.03. The van der Waals surface area contributed by atoms with Crippen molar-refractivity contribution in [2.75, 3.05) is 31.6 Å². The monoisotopic (exact) mass is 391 g/mol. The number of fused-ring (bicyclic) bond motifs is 1. The first-order valence-corrected chi connectivity index (χ1v) is 10.1. The predicted octanol–water partition coefficient (Wildman–Crippen LogP) is 4.82. The lowest BCUT2D eigenvalue weighted by atomic mass is 10.0. The zero-order valence-electron chi connectivity index (χ0n) is 17.7. The lowest BCUT2D eigenvalue weighted by Gasteiger charge is -2.19. The Hall–Kier alpha value is -2.92. The van der Waals surface area contributed by atoms with E-state index in [1.165, 1.54) is 0 Å². The standard InChI is InChI=1S/C24H29N3O2/c1-5-27(6-2)13-14-29-23-10-8-7-9-22(23)26-24(28)20-16-18(4)25-21-12-11-17(3)15-19(20)21/h7-12,15-16H,5-6,13-14H2,1-4H3,(H,26,28). The molecule has 0 aliphatic rings. The number of nitrogens with zero attached hydrogens (tertiary/aromatic N) is 2. The van der Waals surface area contributed by atoms with Crippen LogP contribution in [-0.2, 0) is 0 Å². The predicted molar refractivity (Wildman–Crippen MR) is 119 cm³/mol. The molecule has 29 heavy (non-hydrogen) atoms. The molecule has 3 rings (SSSR count). The number of pyridine rings is 1. The summed E-state index contributed by atoms with van der Waals surface area (Å²) < 4.78 is 5.97. The van der Waals surface area contributed by atoms with Gasteiger partial charge in [-0.3, -0.25) is 9.78 Å². The number of amides is 1. The quantitative estimate of drug-likeness (QED) is 0.598. The number of benzene rings is 2. The highest BCUT2D eigenvalue weighted by atomic mass is 16.5. The molecule has 5 nitrogen and oxygen atoms in total. The summed E-state index contributed by atoms with van der Waals surface area (Å²) >= 11 is 0. The van der Waals surface area contributed by atoms with Gasteiger partial charge in [-0.05, 0) is 57.3 Å². The zero-order chi connectivity index (χ0) is 20.8. The zero-order valence-corrected chi connectivity index (χ0v) is 17.7. The molecule has 0 bridgehead atoms. The van der Waals surface area contributed by atoms with Crippen LogP contribution in [-0.4, -0.2) is 42.0 Å². The summed E-state index contributed by atoms with van der Waals surface area (Å²) in [6.07, 6.45) is 0. The smallest absolute Gasteiger partial charge is 0.256 e. The van der Waals surface area contributed by atoms with Crippen molar-refractivity contribution in [2.45, 2.75) is 27.7 Å². The first-order chi connectivity index (χ1) is 14.0. The molecular weight excluding hydrogens is 362 g/mol. The molecule has 0 saturated carbocycles. The van der Waals surface area contributed by atoms with Crippen LogP contribution in [0.15, 0.2) is 48.5 Å². The SMILES string of the molecule is CCN(CC)CCOc1ccccc1NC(=O)c1cc(C)nc2ccc(C)cc12. The molecule has 3 aromatic rings. The Morgan fingerprint density at radius 2 is 1.83 bits per heavy atom. The maximum absolute atomic E-state index is 13.1.